The first kappa shape index (κ1) is 17.6. The molecule has 1 aromatic heterocycles. The van der Waals surface area contributed by atoms with Gasteiger partial charge >= 0.3 is 11.9 Å². The van der Waals surface area contributed by atoms with E-state index in [1.54, 1.807) is 12.4 Å². The summed E-state index contributed by atoms with van der Waals surface area (Å²) in [5, 5.41) is 15.6. The van der Waals surface area contributed by atoms with E-state index < -0.39 is 11.9 Å². The lowest BCUT2D eigenvalue weighted by Crippen LogP contribution is -2.30. The molecular weight excluding hydrogens is 288 g/mol. The predicted molar refractivity (Wildman–Crippen MR) is 79.8 cm³/mol. The lowest BCUT2D eigenvalue weighted by molar-refractivity contribution is -0.134. The van der Waals surface area contributed by atoms with E-state index in [1.165, 1.54) is 19.4 Å². The summed E-state index contributed by atoms with van der Waals surface area (Å²) < 4.78 is 5.66. The van der Waals surface area contributed by atoms with Gasteiger partial charge in [-0.25, -0.2) is 9.59 Å². The molecule has 0 bridgehead atoms. The van der Waals surface area contributed by atoms with Gasteiger partial charge in [-0.15, -0.1) is 0 Å². The van der Waals surface area contributed by atoms with Gasteiger partial charge in [-0.1, -0.05) is 0 Å². The Morgan fingerprint density at radius 3 is 2.55 bits per heavy atom. The largest absolute Gasteiger partial charge is 0.490 e. The third kappa shape index (κ3) is 7.39. The normalized spacial score (nSPS) is 17.8. The van der Waals surface area contributed by atoms with E-state index in [0.29, 0.717) is 18.2 Å². The van der Waals surface area contributed by atoms with Crippen LogP contribution in [-0.2, 0) is 9.59 Å². The molecule has 1 aromatic rings. The molecule has 2 heterocycles. The molecule has 2 rings (SSSR count). The molecule has 0 unspecified atom stereocenters. The second-order valence-corrected chi connectivity index (χ2v) is 4.79. The van der Waals surface area contributed by atoms with E-state index >= 15 is 0 Å². The average molecular weight is 308 g/mol. The number of hydrogen-bond donors (Lipinski definition) is 2. The van der Waals surface area contributed by atoms with Gasteiger partial charge in [0.25, 0.3) is 0 Å². The van der Waals surface area contributed by atoms with E-state index in [9.17, 15) is 9.59 Å². The third-order valence-electron chi connectivity index (χ3n) is 3.12. The number of carboxylic acid groups (broad SMARTS) is 2. The van der Waals surface area contributed by atoms with Gasteiger partial charge in [0.1, 0.15) is 12.4 Å². The van der Waals surface area contributed by atoms with Gasteiger partial charge in [-0.05, 0) is 38.6 Å². The molecule has 0 amide bonds. The van der Waals surface area contributed by atoms with E-state index in [2.05, 4.69) is 16.9 Å². The number of likely N-dealkylation sites (tertiary alicyclic amines) is 1. The molecule has 2 N–H and O–H groups in total. The molecule has 7 nitrogen and oxygen atoms in total. The molecular formula is C15H20N2O5. The quantitative estimate of drug-likeness (QED) is 0.790. The van der Waals surface area contributed by atoms with E-state index in [0.717, 1.165) is 12.4 Å². The van der Waals surface area contributed by atoms with Gasteiger partial charge in [-0.2, -0.15) is 0 Å². The Morgan fingerprint density at radius 2 is 2.09 bits per heavy atom. The van der Waals surface area contributed by atoms with Gasteiger partial charge in [0, 0.05) is 24.4 Å². The van der Waals surface area contributed by atoms with Crippen LogP contribution in [0.25, 0.3) is 0 Å². The summed E-state index contributed by atoms with van der Waals surface area (Å²) in [7, 11) is 2.16. The molecule has 0 spiro atoms. The Labute approximate surface area is 128 Å². The van der Waals surface area contributed by atoms with Crippen molar-refractivity contribution < 1.29 is 24.5 Å². The zero-order valence-corrected chi connectivity index (χ0v) is 12.4. The van der Waals surface area contributed by atoms with Crippen molar-refractivity contribution >= 4 is 11.9 Å². The Morgan fingerprint density at radius 1 is 1.41 bits per heavy atom. The second kappa shape index (κ2) is 9.51. The third-order valence-corrected chi connectivity index (χ3v) is 3.12. The molecule has 7 heteroatoms. The number of aliphatic carboxylic acids is 2. The van der Waals surface area contributed by atoms with Crippen LogP contribution >= 0.6 is 0 Å². The van der Waals surface area contributed by atoms with Crippen LogP contribution in [-0.4, -0.2) is 58.3 Å². The fraction of sp³-hybridized carbons (Fsp3) is 0.400. The SMILES string of the molecule is CN1CCC[C@H]1COc1cccnc1.O=C(O)C=CC(=O)O. The molecule has 1 atom stereocenters. The minimum absolute atomic E-state index is 0.558. The number of aromatic nitrogens is 1. The fourth-order valence-electron chi connectivity index (χ4n) is 1.96. The van der Waals surface area contributed by atoms with Crippen molar-refractivity contribution in [3.63, 3.8) is 0 Å². The average Bonchev–Trinajstić information content (AvgIpc) is 2.90. The summed E-state index contributed by atoms with van der Waals surface area (Å²) in [5.74, 6) is -1.65. The van der Waals surface area contributed by atoms with Crippen molar-refractivity contribution in [1.29, 1.82) is 0 Å². The van der Waals surface area contributed by atoms with Crippen molar-refractivity contribution in [3.8, 4) is 5.75 Å². The van der Waals surface area contributed by atoms with Gasteiger partial charge in [0.05, 0.1) is 6.20 Å². The van der Waals surface area contributed by atoms with Crippen molar-refractivity contribution in [2.24, 2.45) is 0 Å². The summed E-state index contributed by atoms with van der Waals surface area (Å²) in [6.45, 7) is 1.98. The van der Waals surface area contributed by atoms with E-state index in [4.69, 9.17) is 14.9 Å². The van der Waals surface area contributed by atoms with Gasteiger partial charge < -0.3 is 19.8 Å². The highest BCUT2D eigenvalue weighted by atomic mass is 16.5. The maximum Gasteiger partial charge on any atom is 0.328 e. The van der Waals surface area contributed by atoms with Crippen LogP contribution in [0.5, 0.6) is 5.75 Å². The fourth-order valence-corrected chi connectivity index (χ4v) is 1.96. The van der Waals surface area contributed by atoms with Crippen LogP contribution < -0.4 is 4.74 Å². The Balaban J connectivity index is 0.000000261. The first-order chi connectivity index (χ1) is 10.5. The summed E-state index contributed by atoms with van der Waals surface area (Å²) in [5.41, 5.74) is 0. The van der Waals surface area contributed by atoms with Crippen molar-refractivity contribution in [2.45, 2.75) is 18.9 Å². The van der Waals surface area contributed by atoms with E-state index in [1.807, 2.05) is 12.1 Å². The van der Waals surface area contributed by atoms with Crippen molar-refractivity contribution in [3.05, 3.63) is 36.7 Å². The molecule has 1 aliphatic rings. The van der Waals surface area contributed by atoms with E-state index in [-0.39, 0.29) is 0 Å². The van der Waals surface area contributed by atoms with Crippen LogP contribution in [0.15, 0.2) is 36.7 Å². The van der Waals surface area contributed by atoms with Crippen LogP contribution in [0.3, 0.4) is 0 Å². The number of carbonyl (C=O) groups is 2. The molecule has 22 heavy (non-hydrogen) atoms. The number of nitrogens with zero attached hydrogens (tertiary/aromatic N) is 2. The van der Waals surface area contributed by atoms with Gasteiger partial charge in [0.15, 0.2) is 0 Å². The van der Waals surface area contributed by atoms with Gasteiger partial charge in [-0.3, -0.25) is 4.98 Å². The molecule has 0 radical (unpaired) electrons. The highest BCUT2D eigenvalue weighted by Gasteiger charge is 2.21. The summed E-state index contributed by atoms with van der Waals surface area (Å²) in [6.07, 6.45) is 7.17. The minimum Gasteiger partial charge on any atom is -0.490 e. The van der Waals surface area contributed by atoms with Crippen molar-refractivity contribution in [1.82, 2.24) is 9.88 Å². The highest BCUT2D eigenvalue weighted by Crippen LogP contribution is 2.16. The Bertz CT molecular complexity index is 488. The zero-order chi connectivity index (χ0) is 16.4. The lowest BCUT2D eigenvalue weighted by atomic mass is 10.2. The topological polar surface area (TPSA) is 100.0 Å². The maximum absolute atomic E-state index is 9.55. The summed E-state index contributed by atoms with van der Waals surface area (Å²) >= 11 is 0. The molecule has 0 aliphatic carbocycles. The molecule has 0 saturated carbocycles. The smallest absolute Gasteiger partial charge is 0.328 e. The number of carboxylic acids is 2. The maximum atomic E-state index is 9.55. The Hall–Kier alpha value is -2.41. The molecule has 1 aliphatic heterocycles. The van der Waals surface area contributed by atoms with Crippen LogP contribution in [0.1, 0.15) is 12.8 Å². The highest BCUT2D eigenvalue weighted by molar-refractivity contribution is 5.89. The standard InChI is InChI=1S/C11H16N2O.C4H4O4/c1-13-7-3-4-10(13)9-14-11-5-2-6-12-8-11;5-3(6)1-2-4(7)8/h2,5-6,8,10H,3-4,7,9H2,1H3;1-2H,(H,5,6)(H,7,8)/t10-;/m0./s1. The molecule has 120 valence electrons. The first-order valence-corrected chi connectivity index (χ1v) is 6.86. The first-order valence-electron chi connectivity index (χ1n) is 6.86. The number of ether oxygens (including phenoxy) is 1. The van der Waals surface area contributed by atoms with Crippen LogP contribution in [0.4, 0.5) is 0 Å². The molecule has 1 fully saturated rings. The number of pyridine rings is 1. The zero-order valence-electron chi connectivity index (χ0n) is 12.4. The minimum atomic E-state index is -1.26. The number of likely N-dealkylation sites (N-methyl/N-ethyl adjacent to an activating group) is 1. The molecule has 1 saturated heterocycles. The molecule has 0 aromatic carbocycles. The number of hydrogen-bond acceptors (Lipinski definition) is 5. The monoisotopic (exact) mass is 308 g/mol. The summed E-state index contributed by atoms with van der Waals surface area (Å²) in [6, 6.07) is 4.42. The number of rotatable bonds is 5. The summed E-state index contributed by atoms with van der Waals surface area (Å²) in [4.78, 5) is 25.5. The Kier molecular flexibility index (Phi) is 7.63. The second-order valence-electron chi connectivity index (χ2n) is 4.79. The van der Waals surface area contributed by atoms with Gasteiger partial charge in [0.2, 0.25) is 0 Å². The predicted octanol–water partition coefficient (Wildman–Crippen LogP) is 1.27. The van der Waals surface area contributed by atoms with Crippen LogP contribution in [0.2, 0.25) is 0 Å². The van der Waals surface area contributed by atoms with Crippen LogP contribution in [0, 0.1) is 0 Å². The lowest BCUT2D eigenvalue weighted by Gasteiger charge is -2.19. The van der Waals surface area contributed by atoms with Crippen molar-refractivity contribution in [2.75, 3.05) is 20.2 Å².